The molecule has 1 rings (SSSR count). The van der Waals surface area contributed by atoms with Gasteiger partial charge >= 0.3 is 23.9 Å². The highest BCUT2D eigenvalue weighted by Crippen LogP contribution is 2.09. The van der Waals surface area contributed by atoms with E-state index in [2.05, 4.69) is 35.8 Å². The van der Waals surface area contributed by atoms with Crippen LogP contribution in [-0.2, 0) is 38.8 Å². The summed E-state index contributed by atoms with van der Waals surface area (Å²) in [5.41, 5.74) is 1.58. The molecule has 12 heteroatoms. The molecule has 1 atom stereocenters. The Morgan fingerprint density at radius 3 is 1.93 bits per heavy atom. The van der Waals surface area contributed by atoms with E-state index >= 15 is 0 Å². The van der Waals surface area contributed by atoms with Crippen molar-refractivity contribution in [3.8, 4) is 0 Å². The van der Waals surface area contributed by atoms with E-state index in [1.54, 1.807) is 6.08 Å². The highest BCUT2D eigenvalue weighted by molar-refractivity contribution is 7.87. The Morgan fingerprint density at radius 2 is 1.46 bits per heavy atom. The van der Waals surface area contributed by atoms with Gasteiger partial charge in [-0.3, -0.25) is 14.1 Å². The van der Waals surface area contributed by atoms with Crippen molar-refractivity contribution in [2.24, 2.45) is 0 Å². The molecule has 226 valence electrons. The topological polar surface area (TPSA) is 182 Å². The first-order chi connectivity index (χ1) is 19.2. The third-order valence-electron chi connectivity index (χ3n) is 4.59. The molecule has 0 spiro atoms. The molecule has 0 saturated carbocycles. The van der Waals surface area contributed by atoms with E-state index in [4.69, 9.17) is 14.8 Å². The van der Waals surface area contributed by atoms with Crippen LogP contribution in [0.5, 0.6) is 0 Å². The van der Waals surface area contributed by atoms with Gasteiger partial charge in [0.05, 0.1) is 6.42 Å². The molecule has 1 aromatic rings. The zero-order valence-electron chi connectivity index (χ0n) is 23.1. The van der Waals surface area contributed by atoms with E-state index in [1.807, 2.05) is 43.3 Å². The predicted octanol–water partition coefficient (Wildman–Crippen LogP) is 4.64. The maximum absolute atomic E-state index is 11.3. The molecule has 3 N–H and O–H groups in total. The number of unbranched alkanes of at least 4 members (excludes halogenated alkanes) is 1. The zero-order chi connectivity index (χ0) is 31.8. The fourth-order valence-corrected chi connectivity index (χ4v) is 3.05. The quantitative estimate of drug-likeness (QED) is 0.105. The van der Waals surface area contributed by atoms with Crippen LogP contribution in [0.25, 0.3) is 6.08 Å². The number of hydrogen-bond acceptors (Lipinski definition) is 8. The Morgan fingerprint density at radius 1 is 0.927 bits per heavy atom. The molecule has 0 aromatic heterocycles. The lowest BCUT2D eigenvalue weighted by Crippen LogP contribution is -2.34. The van der Waals surface area contributed by atoms with E-state index in [0.717, 1.165) is 18.4 Å². The lowest BCUT2D eigenvalue weighted by atomic mass is 10.1. The largest absolute Gasteiger partial charge is 0.478 e. The van der Waals surface area contributed by atoms with E-state index in [9.17, 15) is 27.6 Å². The number of allylic oxidation sites excluding steroid dienone is 1. The predicted molar refractivity (Wildman–Crippen MR) is 155 cm³/mol. The number of benzene rings is 1. The molecule has 0 aliphatic rings. The number of carboxylic acid groups (broad SMARTS) is 2. The first kappa shape index (κ1) is 38.9. The van der Waals surface area contributed by atoms with E-state index in [1.165, 1.54) is 12.2 Å². The van der Waals surface area contributed by atoms with Crippen molar-refractivity contribution in [3.63, 3.8) is 0 Å². The minimum atomic E-state index is -4.75. The first-order valence-electron chi connectivity index (χ1n) is 12.2. The van der Waals surface area contributed by atoms with Crippen LogP contribution in [0.2, 0.25) is 0 Å². The molecule has 0 amide bonds. The highest BCUT2D eigenvalue weighted by atomic mass is 32.2. The van der Waals surface area contributed by atoms with Gasteiger partial charge in [0.15, 0.2) is 5.25 Å². The van der Waals surface area contributed by atoms with Gasteiger partial charge in [0.2, 0.25) is 0 Å². The summed E-state index contributed by atoms with van der Waals surface area (Å²) in [5, 5.41) is 14.9. The number of carbonyl (C=O) groups excluding carboxylic acids is 2. The molecule has 0 aliphatic heterocycles. The molecular weight excluding hydrogens is 556 g/mol. The fraction of sp³-hybridized carbons (Fsp3) is 0.310. The monoisotopic (exact) mass is 594 g/mol. The van der Waals surface area contributed by atoms with Gasteiger partial charge in [-0.05, 0) is 24.8 Å². The van der Waals surface area contributed by atoms with Gasteiger partial charge in [-0.1, -0.05) is 94.3 Å². The van der Waals surface area contributed by atoms with Gasteiger partial charge in [0.1, 0.15) is 13.2 Å². The summed E-state index contributed by atoms with van der Waals surface area (Å²) in [7, 11) is -4.75. The average Bonchev–Trinajstić information content (AvgIpc) is 2.92. The van der Waals surface area contributed by atoms with Crippen molar-refractivity contribution in [1.82, 2.24) is 0 Å². The molecule has 0 radical (unpaired) electrons. The van der Waals surface area contributed by atoms with Crippen LogP contribution in [0.3, 0.4) is 0 Å². The number of aliphatic carboxylic acids is 2. The van der Waals surface area contributed by atoms with E-state index in [-0.39, 0.29) is 18.8 Å². The van der Waals surface area contributed by atoms with Gasteiger partial charge in [-0.15, -0.1) is 0 Å². The van der Waals surface area contributed by atoms with Crippen LogP contribution in [-0.4, -0.2) is 65.5 Å². The Balaban J connectivity index is 0. The second-order valence-electron chi connectivity index (χ2n) is 8.04. The summed E-state index contributed by atoms with van der Waals surface area (Å²) in [6, 6.07) is 9.73. The summed E-state index contributed by atoms with van der Waals surface area (Å²) in [6.45, 7) is 15.0. The van der Waals surface area contributed by atoms with Crippen LogP contribution < -0.4 is 0 Å². The first-order valence-corrected chi connectivity index (χ1v) is 13.7. The summed E-state index contributed by atoms with van der Waals surface area (Å²) < 4.78 is 39.7. The van der Waals surface area contributed by atoms with E-state index in [0.29, 0.717) is 18.4 Å². The summed E-state index contributed by atoms with van der Waals surface area (Å²) in [5.74, 6) is -4.02. The van der Waals surface area contributed by atoms with Crippen LogP contribution in [0, 0.1) is 0 Å². The number of carboxylic acids is 2. The second-order valence-corrected chi connectivity index (χ2v) is 9.64. The molecule has 11 nitrogen and oxygen atoms in total. The molecule has 0 saturated heterocycles. The molecule has 41 heavy (non-hydrogen) atoms. The number of hydrogen-bond donors (Lipinski definition) is 3. The number of ether oxygens (including phenoxy) is 2. The van der Waals surface area contributed by atoms with Crippen LogP contribution in [0.4, 0.5) is 0 Å². The lowest BCUT2D eigenvalue weighted by molar-refractivity contribution is -0.148. The van der Waals surface area contributed by atoms with Crippen molar-refractivity contribution >= 4 is 40.1 Å². The summed E-state index contributed by atoms with van der Waals surface area (Å²) >= 11 is 0. The van der Waals surface area contributed by atoms with Gasteiger partial charge in [0.25, 0.3) is 10.1 Å². The van der Waals surface area contributed by atoms with Crippen molar-refractivity contribution in [3.05, 3.63) is 91.6 Å². The summed E-state index contributed by atoms with van der Waals surface area (Å²) in [4.78, 5) is 43.0. The van der Waals surface area contributed by atoms with Crippen molar-refractivity contribution < 1.29 is 51.8 Å². The standard InChI is InChI=1S/C12H12O2.C10H14O7S.C7H12O2/c1-10(12(13)14)6-5-9-11-7-3-2-4-8-11;1-3-5-16-9(11)7-8(18(13,14)15)10(12)17-6-4-2;1-3-4-5-6(2)7(8)9/h2-5,7-9H,1,6H2,(H,13,14);3-4,8H,1-2,5-7H2,(H,13,14,15);2-5H2,1H3,(H,8,9). The molecule has 1 aromatic carbocycles. The van der Waals surface area contributed by atoms with Gasteiger partial charge in [0, 0.05) is 11.1 Å². The molecule has 0 bridgehead atoms. The third kappa shape index (κ3) is 21.2. The minimum Gasteiger partial charge on any atom is -0.478 e. The Kier molecular flexibility index (Phi) is 21.3. The summed E-state index contributed by atoms with van der Waals surface area (Å²) in [6.07, 6.45) is 8.28. The maximum atomic E-state index is 11.3. The van der Waals surface area contributed by atoms with Crippen molar-refractivity contribution in [2.75, 3.05) is 13.2 Å². The molecule has 0 aliphatic carbocycles. The SMILES string of the molecule is C=C(CC=Cc1ccccc1)C(=O)O.C=C(CCCC)C(=O)O.C=CCOC(=O)CC(C(=O)OCC=C)S(=O)(=O)O. The van der Waals surface area contributed by atoms with Crippen LogP contribution in [0.1, 0.15) is 44.6 Å². The third-order valence-corrected chi connectivity index (χ3v) is 5.67. The van der Waals surface area contributed by atoms with Gasteiger partial charge in [-0.25, -0.2) is 9.59 Å². The van der Waals surface area contributed by atoms with Gasteiger partial charge < -0.3 is 19.7 Å². The Hall–Kier alpha value is -4.29. The molecule has 1 unspecified atom stereocenters. The molecular formula is C29H38O11S. The number of esters is 2. The second kappa shape index (κ2) is 22.5. The smallest absolute Gasteiger partial charge is 0.331 e. The van der Waals surface area contributed by atoms with E-state index < -0.39 is 45.7 Å². The van der Waals surface area contributed by atoms with Crippen molar-refractivity contribution in [2.45, 2.75) is 44.3 Å². The number of carbonyl (C=O) groups is 4. The van der Waals surface area contributed by atoms with Crippen molar-refractivity contribution in [1.29, 1.82) is 0 Å². The zero-order valence-corrected chi connectivity index (χ0v) is 23.9. The van der Waals surface area contributed by atoms with Crippen LogP contribution in [0.15, 0.2) is 86.0 Å². The van der Waals surface area contributed by atoms with Gasteiger partial charge in [-0.2, -0.15) is 8.42 Å². The lowest BCUT2D eigenvalue weighted by Gasteiger charge is -2.11. The molecule has 0 heterocycles. The Labute approximate surface area is 240 Å². The molecule has 0 fully saturated rings. The maximum Gasteiger partial charge on any atom is 0.331 e. The highest BCUT2D eigenvalue weighted by Gasteiger charge is 2.35. The average molecular weight is 595 g/mol. The minimum absolute atomic E-state index is 0.126. The normalized spacial score (nSPS) is 10.9. The Bertz CT molecular complexity index is 1170. The van der Waals surface area contributed by atoms with Crippen LogP contribution >= 0.6 is 0 Å². The fourth-order valence-electron chi connectivity index (χ4n) is 2.39. The number of rotatable bonds is 16.